The van der Waals surface area contributed by atoms with Crippen molar-refractivity contribution in [3.05, 3.63) is 64.7 Å². The van der Waals surface area contributed by atoms with Crippen LogP contribution in [0.4, 0.5) is 10.5 Å². The van der Waals surface area contributed by atoms with E-state index in [9.17, 15) is 9.59 Å². The fourth-order valence-electron chi connectivity index (χ4n) is 4.19. The van der Waals surface area contributed by atoms with Crippen LogP contribution >= 0.6 is 12.4 Å². The summed E-state index contributed by atoms with van der Waals surface area (Å²) in [4.78, 5) is 25.5. The van der Waals surface area contributed by atoms with Crippen LogP contribution in [0.2, 0.25) is 0 Å². The normalized spacial score (nSPS) is 19.3. The zero-order valence-electron chi connectivity index (χ0n) is 17.1. The standard InChI is InChI=1S/C23H27N3O3.ClH/c1-15(22(27)28)12-16-2-4-18(5-3-16)21-14-25-23(29)26(21)20-7-6-17-8-10-24-11-9-19(17)13-20;/h2-7,13,15,21,24H,8-12,14H2,1H3,(H,25,29)(H,27,28);1H. The van der Waals surface area contributed by atoms with Crippen LogP contribution in [0.25, 0.3) is 0 Å². The predicted octanol–water partition coefficient (Wildman–Crippen LogP) is 3.33. The summed E-state index contributed by atoms with van der Waals surface area (Å²) in [6.07, 6.45) is 2.49. The Morgan fingerprint density at radius 3 is 2.53 bits per heavy atom. The molecule has 2 unspecified atom stereocenters. The Kier molecular flexibility index (Phi) is 7.00. The third-order valence-electron chi connectivity index (χ3n) is 5.92. The van der Waals surface area contributed by atoms with Crippen molar-refractivity contribution in [2.75, 3.05) is 24.5 Å². The average molecular weight is 430 g/mol. The van der Waals surface area contributed by atoms with Gasteiger partial charge in [0.1, 0.15) is 0 Å². The number of fused-ring (bicyclic) bond motifs is 1. The lowest BCUT2D eigenvalue weighted by molar-refractivity contribution is -0.141. The second-order valence-corrected chi connectivity index (χ2v) is 7.96. The molecule has 30 heavy (non-hydrogen) atoms. The molecule has 0 aliphatic carbocycles. The van der Waals surface area contributed by atoms with E-state index in [-0.39, 0.29) is 24.5 Å². The van der Waals surface area contributed by atoms with E-state index in [2.05, 4.69) is 22.8 Å². The molecule has 2 aromatic carbocycles. The van der Waals surface area contributed by atoms with Crippen LogP contribution in [0.3, 0.4) is 0 Å². The minimum atomic E-state index is -0.788. The molecular weight excluding hydrogens is 402 g/mol. The van der Waals surface area contributed by atoms with Crippen LogP contribution in [-0.4, -0.2) is 36.7 Å². The Bertz CT molecular complexity index is 916. The summed E-state index contributed by atoms with van der Waals surface area (Å²) in [6, 6.07) is 14.2. The summed E-state index contributed by atoms with van der Waals surface area (Å²) in [7, 11) is 0. The van der Waals surface area contributed by atoms with Gasteiger partial charge in [-0.2, -0.15) is 0 Å². The molecule has 7 heteroatoms. The molecule has 6 nitrogen and oxygen atoms in total. The molecule has 2 heterocycles. The smallest absolute Gasteiger partial charge is 0.322 e. The van der Waals surface area contributed by atoms with E-state index in [0.717, 1.165) is 42.7 Å². The number of carboxylic acid groups (broad SMARTS) is 1. The zero-order valence-corrected chi connectivity index (χ0v) is 17.9. The summed E-state index contributed by atoms with van der Waals surface area (Å²) in [5.41, 5.74) is 5.63. The van der Waals surface area contributed by atoms with Gasteiger partial charge in [0.15, 0.2) is 0 Å². The first-order chi connectivity index (χ1) is 14.0. The number of carbonyl (C=O) groups is 2. The molecule has 1 fully saturated rings. The van der Waals surface area contributed by atoms with Gasteiger partial charge in [0.25, 0.3) is 0 Å². The van der Waals surface area contributed by atoms with E-state index in [1.54, 1.807) is 6.92 Å². The van der Waals surface area contributed by atoms with Gasteiger partial charge in [-0.25, -0.2) is 4.79 Å². The molecule has 2 aliphatic heterocycles. The Labute approximate surface area is 183 Å². The second-order valence-electron chi connectivity index (χ2n) is 7.96. The van der Waals surface area contributed by atoms with Crippen molar-refractivity contribution in [3.63, 3.8) is 0 Å². The van der Waals surface area contributed by atoms with E-state index in [1.807, 2.05) is 35.2 Å². The third-order valence-corrected chi connectivity index (χ3v) is 5.92. The first kappa shape index (κ1) is 22.1. The SMILES string of the molecule is CC(Cc1ccc(C2CNC(=O)N2c2ccc3c(c2)CCNCC3)cc1)C(=O)O.Cl. The summed E-state index contributed by atoms with van der Waals surface area (Å²) in [6.45, 7) is 4.22. The molecule has 0 saturated carbocycles. The molecule has 160 valence electrons. The summed E-state index contributed by atoms with van der Waals surface area (Å²) in [5.74, 6) is -1.20. The monoisotopic (exact) mass is 429 g/mol. The number of hydrogen-bond donors (Lipinski definition) is 3. The van der Waals surface area contributed by atoms with Gasteiger partial charge in [-0.15, -0.1) is 12.4 Å². The number of carbonyl (C=O) groups excluding carboxylic acids is 1. The number of nitrogens with zero attached hydrogens (tertiary/aromatic N) is 1. The van der Waals surface area contributed by atoms with Crippen LogP contribution in [0.15, 0.2) is 42.5 Å². The van der Waals surface area contributed by atoms with Gasteiger partial charge in [-0.05, 0) is 66.7 Å². The molecule has 1 saturated heterocycles. The number of aliphatic carboxylic acids is 1. The average Bonchev–Trinajstić information content (AvgIpc) is 2.95. The molecule has 0 aromatic heterocycles. The highest BCUT2D eigenvalue weighted by atomic mass is 35.5. The number of nitrogens with one attached hydrogen (secondary N) is 2. The van der Waals surface area contributed by atoms with E-state index >= 15 is 0 Å². The van der Waals surface area contributed by atoms with E-state index in [0.29, 0.717) is 13.0 Å². The quantitative estimate of drug-likeness (QED) is 0.680. The molecule has 0 radical (unpaired) electrons. The maximum Gasteiger partial charge on any atom is 0.322 e. The number of halogens is 1. The van der Waals surface area contributed by atoms with E-state index in [4.69, 9.17) is 5.11 Å². The van der Waals surface area contributed by atoms with Gasteiger partial charge in [-0.1, -0.05) is 37.3 Å². The molecule has 0 spiro atoms. The van der Waals surface area contributed by atoms with Crippen LogP contribution in [0, 0.1) is 5.92 Å². The van der Waals surface area contributed by atoms with Crippen LogP contribution in [0.1, 0.15) is 35.2 Å². The highest BCUT2D eigenvalue weighted by Crippen LogP contribution is 2.32. The number of rotatable bonds is 5. The largest absolute Gasteiger partial charge is 0.481 e. The number of carboxylic acids is 1. The van der Waals surface area contributed by atoms with Gasteiger partial charge >= 0.3 is 12.0 Å². The maximum atomic E-state index is 12.6. The van der Waals surface area contributed by atoms with Crippen molar-refractivity contribution in [1.29, 1.82) is 0 Å². The minimum Gasteiger partial charge on any atom is -0.481 e. The molecule has 3 N–H and O–H groups in total. The predicted molar refractivity (Wildman–Crippen MR) is 120 cm³/mol. The molecule has 2 atom stereocenters. The number of benzene rings is 2. The molecule has 4 rings (SSSR count). The van der Waals surface area contributed by atoms with Crippen molar-refractivity contribution in [2.45, 2.75) is 32.2 Å². The fraction of sp³-hybridized carbons (Fsp3) is 0.391. The molecule has 2 aromatic rings. The van der Waals surface area contributed by atoms with Crippen molar-refractivity contribution in [1.82, 2.24) is 10.6 Å². The lowest BCUT2D eigenvalue weighted by atomic mass is 9.97. The minimum absolute atomic E-state index is 0. The van der Waals surface area contributed by atoms with E-state index in [1.165, 1.54) is 11.1 Å². The first-order valence-electron chi connectivity index (χ1n) is 10.2. The lowest BCUT2D eigenvalue weighted by Gasteiger charge is -2.25. The maximum absolute atomic E-state index is 12.6. The fourth-order valence-corrected chi connectivity index (χ4v) is 4.19. The summed E-state index contributed by atoms with van der Waals surface area (Å²) < 4.78 is 0. The number of anilines is 1. The number of amides is 2. The van der Waals surface area contributed by atoms with Crippen LogP contribution < -0.4 is 15.5 Å². The summed E-state index contributed by atoms with van der Waals surface area (Å²) in [5, 5.41) is 15.5. The molecule has 2 amide bonds. The Hall–Kier alpha value is -2.57. The Morgan fingerprint density at radius 1 is 1.13 bits per heavy atom. The Balaban J connectivity index is 0.00000256. The van der Waals surface area contributed by atoms with Gasteiger partial charge < -0.3 is 15.7 Å². The van der Waals surface area contributed by atoms with Gasteiger partial charge in [0.05, 0.1) is 12.0 Å². The number of urea groups is 1. The van der Waals surface area contributed by atoms with Gasteiger partial charge in [0.2, 0.25) is 0 Å². The topological polar surface area (TPSA) is 81.7 Å². The molecule has 2 aliphatic rings. The van der Waals surface area contributed by atoms with Crippen molar-refractivity contribution >= 4 is 30.1 Å². The van der Waals surface area contributed by atoms with Crippen molar-refractivity contribution in [2.24, 2.45) is 5.92 Å². The highest BCUT2D eigenvalue weighted by Gasteiger charge is 2.33. The van der Waals surface area contributed by atoms with Gasteiger partial charge in [0, 0.05) is 12.2 Å². The zero-order chi connectivity index (χ0) is 20.4. The lowest BCUT2D eigenvalue weighted by Crippen LogP contribution is -2.29. The van der Waals surface area contributed by atoms with Crippen LogP contribution in [-0.2, 0) is 24.1 Å². The first-order valence-corrected chi connectivity index (χ1v) is 10.2. The molecular formula is C23H28ClN3O3. The Morgan fingerprint density at radius 2 is 1.83 bits per heavy atom. The summed E-state index contributed by atoms with van der Waals surface area (Å²) >= 11 is 0. The third kappa shape index (κ3) is 4.60. The van der Waals surface area contributed by atoms with Crippen molar-refractivity contribution in [3.8, 4) is 0 Å². The van der Waals surface area contributed by atoms with Crippen molar-refractivity contribution < 1.29 is 14.7 Å². The number of hydrogen-bond acceptors (Lipinski definition) is 3. The van der Waals surface area contributed by atoms with E-state index < -0.39 is 11.9 Å². The second kappa shape index (κ2) is 9.49. The molecule has 0 bridgehead atoms. The van der Waals surface area contributed by atoms with Gasteiger partial charge in [-0.3, -0.25) is 9.69 Å². The highest BCUT2D eigenvalue weighted by molar-refractivity contribution is 5.95. The van der Waals surface area contributed by atoms with Crippen LogP contribution in [0.5, 0.6) is 0 Å².